The lowest BCUT2D eigenvalue weighted by molar-refractivity contribution is 0.122. The van der Waals surface area contributed by atoms with Crippen LogP contribution in [0.1, 0.15) is 18.9 Å². The summed E-state index contributed by atoms with van der Waals surface area (Å²) in [4.78, 5) is 11.2. The summed E-state index contributed by atoms with van der Waals surface area (Å²) in [6.07, 6.45) is 2.45. The minimum absolute atomic E-state index is 0.164. The lowest BCUT2D eigenvalue weighted by Gasteiger charge is -2.27. The van der Waals surface area contributed by atoms with Crippen LogP contribution in [0, 0.1) is 17.1 Å². The first-order chi connectivity index (χ1) is 15.6. The van der Waals surface area contributed by atoms with E-state index >= 15 is 0 Å². The molecule has 2 heterocycles. The van der Waals surface area contributed by atoms with Crippen molar-refractivity contribution >= 4 is 44.9 Å². The molecular weight excluding hydrogens is 431 g/mol. The van der Waals surface area contributed by atoms with Gasteiger partial charge in [-0.05, 0) is 36.8 Å². The zero-order chi connectivity index (χ0) is 22.5. The van der Waals surface area contributed by atoms with E-state index in [0.717, 1.165) is 6.42 Å². The van der Waals surface area contributed by atoms with E-state index in [1.54, 1.807) is 18.3 Å². The van der Waals surface area contributed by atoms with E-state index in [4.69, 9.17) is 4.74 Å². The van der Waals surface area contributed by atoms with Crippen LogP contribution < -0.4 is 14.9 Å². The Labute approximate surface area is 188 Å². The number of fused-ring (bicyclic) bond motifs is 1. The van der Waals surface area contributed by atoms with E-state index < -0.39 is 16.8 Å². The molecule has 0 bridgehead atoms. The van der Waals surface area contributed by atoms with E-state index in [2.05, 4.69) is 31.0 Å². The predicted molar refractivity (Wildman–Crippen MR) is 124 cm³/mol. The van der Waals surface area contributed by atoms with Crippen LogP contribution in [0.15, 0.2) is 36.5 Å². The van der Waals surface area contributed by atoms with Crippen LogP contribution in [0.25, 0.3) is 11.0 Å². The summed E-state index contributed by atoms with van der Waals surface area (Å²) in [5.41, 5.74) is 2.40. The fourth-order valence-electron chi connectivity index (χ4n) is 3.43. The van der Waals surface area contributed by atoms with Crippen molar-refractivity contribution in [1.29, 1.82) is 5.26 Å². The van der Waals surface area contributed by atoms with Crippen molar-refractivity contribution in [3.63, 3.8) is 0 Å². The van der Waals surface area contributed by atoms with E-state index in [-0.39, 0.29) is 11.3 Å². The summed E-state index contributed by atoms with van der Waals surface area (Å²) < 4.78 is 34.7. The van der Waals surface area contributed by atoms with Crippen LogP contribution in [0.2, 0.25) is 0 Å². The molecule has 1 atom stereocenters. The summed E-state index contributed by atoms with van der Waals surface area (Å²) in [6.45, 7) is 4.56. The molecule has 1 aromatic heterocycles. The normalized spacial score (nSPS) is 14.7. The Bertz CT molecular complexity index is 1190. The summed E-state index contributed by atoms with van der Waals surface area (Å²) >= 11 is 0. The summed E-state index contributed by atoms with van der Waals surface area (Å²) in [7, 11) is -1.25. The number of nitrogens with one attached hydrogen (secondary N) is 2. The highest BCUT2D eigenvalue weighted by Crippen LogP contribution is 2.30. The van der Waals surface area contributed by atoms with Crippen molar-refractivity contribution in [2.75, 3.05) is 47.0 Å². The highest BCUT2D eigenvalue weighted by atomic mass is 32.2. The van der Waals surface area contributed by atoms with Gasteiger partial charge in [-0.15, -0.1) is 0 Å². The molecule has 1 aliphatic heterocycles. The fourth-order valence-corrected chi connectivity index (χ4v) is 4.29. The molecule has 0 saturated carbocycles. The Morgan fingerprint density at radius 2 is 2.06 bits per heavy atom. The fraction of sp³-hybridized carbons (Fsp3) is 0.318. The quantitative estimate of drug-likeness (QED) is 0.561. The van der Waals surface area contributed by atoms with Gasteiger partial charge in [0.05, 0.1) is 36.3 Å². The number of ether oxygens (including phenoxy) is 1. The largest absolute Gasteiger partial charge is 0.378 e. The zero-order valence-corrected chi connectivity index (χ0v) is 18.4. The molecule has 32 heavy (non-hydrogen) atoms. The molecular formula is C22H23FN6O2S. The Hall–Kier alpha value is -3.29. The van der Waals surface area contributed by atoms with Gasteiger partial charge in [0.2, 0.25) is 0 Å². The van der Waals surface area contributed by atoms with Crippen LogP contribution in [0.3, 0.4) is 0 Å². The highest BCUT2D eigenvalue weighted by molar-refractivity contribution is 7.86. The molecule has 0 aliphatic carbocycles. The average Bonchev–Trinajstić information content (AvgIpc) is 2.81. The third-order valence-electron chi connectivity index (χ3n) is 5.01. The molecule has 2 aromatic carbocycles. The monoisotopic (exact) mass is 454 g/mol. The first-order valence-corrected chi connectivity index (χ1v) is 11.6. The van der Waals surface area contributed by atoms with Gasteiger partial charge in [0.1, 0.15) is 39.8 Å². The van der Waals surface area contributed by atoms with Crippen molar-refractivity contribution in [3.8, 4) is 6.07 Å². The molecule has 10 heteroatoms. The van der Waals surface area contributed by atoms with Crippen LogP contribution in [-0.4, -0.2) is 46.2 Å². The summed E-state index contributed by atoms with van der Waals surface area (Å²) in [5.74, 6) is 0.673. The van der Waals surface area contributed by atoms with Crippen molar-refractivity contribution in [1.82, 2.24) is 9.97 Å². The topological polar surface area (TPSA) is 103 Å². The van der Waals surface area contributed by atoms with E-state index in [0.29, 0.717) is 60.3 Å². The SMILES string of the molecule is CCCS(=O)Nc1ccc(F)c(Nc2ccc3ncc(N4CCOCC4)nc3c2C#N)c1. The number of hydrogen-bond donors (Lipinski definition) is 2. The summed E-state index contributed by atoms with van der Waals surface area (Å²) in [6, 6.07) is 9.95. The van der Waals surface area contributed by atoms with Crippen LogP contribution in [0.4, 0.5) is 27.3 Å². The van der Waals surface area contributed by atoms with Crippen molar-refractivity contribution in [2.24, 2.45) is 0 Å². The maximum Gasteiger partial charge on any atom is 0.148 e. The number of morpholine rings is 1. The predicted octanol–water partition coefficient (Wildman–Crippen LogP) is 3.71. The number of anilines is 4. The number of benzene rings is 2. The molecule has 1 unspecified atom stereocenters. The second-order valence-electron chi connectivity index (χ2n) is 7.27. The highest BCUT2D eigenvalue weighted by Gasteiger charge is 2.17. The van der Waals surface area contributed by atoms with Gasteiger partial charge >= 0.3 is 0 Å². The third-order valence-corrected chi connectivity index (χ3v) is 6.25. The molecule has 8 nitrogen and oxygen atoms in total. The van der Waals surface area contributed by atoms with Crippen LogP contribution >= 0.6 is 0 Å². The van der Waals surface area contributed by atoms with Crippen molar-refractivity contribution in [2.45, 2.75) is 13.3 Å². The number of halogens is 1. The lowest BCUT2D eigenvalue weighted by Crippen LogP contribution is -2.36. The van der Waals surface area contributed by atoms with Gasteiger partial charge in [-0.1, -0.05) is 6.92 Å². The summed E-state index contributed by atoms with van der Waals surface area (Å²) in [5, 5.41) is 12.9. The number of nitrogens with zero attached hydrogens (tertiary/aromatic N) is 4. The second kappa shape index (κ2) is 9.89. The van der Waals surface area contributed by atoms with E-state index in [1.165, 1.54) is 18.2 Å². The molecule has 3 aromatic rings. The molecule has 0 spiro atoms. The molecule has 0 amide bonds. The minimum atomic E-state index is -1.25. The standard InChI is InChI=1S/C22H23FN6O2S/c1-2-11-32(30)28-15-3-4-17(23)20(12-15)26-18-5-6-19-22(16(18)13-24)27-21(14-25-19)29-7-9-31-10-8-29/h3-6,12,14,26,28H,2,7-11H2,1H3. The maximum absolute atomic E-state index is 14.5. The van der Waals surface area contributed by atoms with Crippen molar-refractivity contribution in [3.05, 3.63) is 47.9 Å². The lowest BCUT2D eigenvalue weighted by atomic mass is 10.1. The number of nitriles is 1. The number of aromatic nitrogens is 2. The molecule has 2 N–H and O–H groups in total. The molecule has 1 aliphatic rings. The zero-order valence-electron chi connectivity index (χ0n) is 17.6. The molecule has 1 saturated heterocycles. The maximum atomic E-state index is 14.5. The van der Waals surface area contributed by atoms with Gasteiger partial charge in [0.15, 0.2) is 0 Å². The smallest absolute Gasteiger partial charge is 0.148 e. The Morgan fingerprint density at radius 3 is 2.81 bits per heavy atom. The van der Waals surface area contributed by atoms with E-state index in [1.807, 2.05) is 6.92 Å². The molecule has 4 rings (SSSR count). The third kappa shape index (κ3) is 4.79. The van der Waals surface area contributed by atoms with Gasteiger partial charge in [0.25, 0.3) is 0 Å². The van der Waals surface area contributed by atoms with Crippen molar-refractivity contribution < 1.29 is 13.3 Å². The Morgan fingerprint density at radius 1 is 1.25 bits per heavy atom. The van der Waals surface area contributed by atoms with Gasteiger partial charge in [-0.3, -0.25) is 4.98 Å². The number of hydrogen-bond acceptors (Lipinski definition) is 7. The van der Waals surface area contributed by atoms with Gasteiger partial charge in [0, 0.05) is 24.5 Å². The molecule has 166 valence electrons. The average molecular weight is 455 g/mol. The van der Waals surface area contributed by atoms with Gasteiger partial charge in [-0.25, -0.2) is 13.6 Å². The van der Waals surface area contributed by atoms with Crippen LogP contribution in [0.5, 0.6) is 0 Å². The van der Waals surface area contributed by atoms with Gasteiger partial charge < -0.3 is 19.7 Å². The minimum Gasteiger partial charge on any atom is -0.378 e. The van der Waals surface area contributed by atoms with Crippen LogP contribution in [-0.2, 0) is 15.7 Å². The molecule has 1 fully saturated rings. The Balaban J connectivity index is 1.67. The Kier molecular flexibility index (Phi) is 6.78. The van der Waals surface area contributed by atoms with E-state index in [9.17, 15) is 13.9 Å². The first kappa shape index (κ1) is 21.9. The molecule has 0 radical (unpaired) electrons. The first-order valence-electron chi connectivity index (χ1n) is 10.3. The van der Waals surface area contributed by atoms with Gasteiger partial charge in [-0.2, -0.15) is 5.26 Å². The number of rotatable bonds is 7. The second-order valence-corrected chi connectivity index (χ2v) is 8.57.